The van der Waals surface area contributed by atoms with E-state index >= 15 is 0 Å². The van der Waals surface area contributed by atoms with Crippen LogP contribution in [0.15, 0.2) is 48.5 Å². The Morgan fingerprint density at radius 1 is 1.08 bits per heavy atom. The van der Waals surface area contributed by atoms with Crippen molar-refractivity contribution in [2.45, 2.75) is 45.8 Å². The van der Waals surface area contributed by atoms with Gasteiger partial charge in [-0.05, 0) is 75.1 Å². The van der Waals surface area contributed by atoms with Crippen molar-refractivity contribution < 1.29 is 14.3 Å². The van der Waals surface area contributed by atoms with E-state index in [9.17, 15) is 4.79 Å². The zero-order valence-corrected chi connectivity index (χ0v) is 15.6. The molecule has 4 heteroatoms. The highest BCUT2D eigenvalue weighted by atomic mass is 16.5. The van der Waals surface area contributed by atoms with Crippen molar-refractivity contribution in [3.63, 3.8) is 0 Å². The summed E-state index contributed by atoms with van der Waals surface area (Å²) in [5.41, 5.74) is 1.74. The molecule has 2 aromatic rings. The van der Waals surface area contributed by atoms with E-state index in [1.54, 1.807) is 0 Å². The summed E-state index contributed by atoms with van der Waals surface area (Å²) < 4.78 is 11.3. The molecule has 1 amide bonds. The summed E-state index contributed by atoms with van der Waals surface area (Å²) in [7, 11) is 0. The summed E-state index contributed by atoms with van der Waals surface area (Å²) in [6.07, 6.45) is 3.39. The highest BCUT2D eigenvalue weighted by Crippen LogP contribution is 2.21. The molecule has 138 valence electrons. The smallest absolute Gasteiger partial charge is 0.254 e. The third-order valence-electron chi connectivity index (χ3n) is 4.78. The Kier molecular flexibility index (Phi) is 6.16. The van der Waals surface area contributed by atoms with Crippen LogP contribution in [0.2, 0.25) is 0 Å². The zero-order chi connectivity index (χ0) is 18.4. The van der Waals surface area contributed by atoms with Gasteiger partial charge in [0.2, 0.25) is 0 Å². The third kappa shape index (κ3) is 4.57. The Labute approximate surface area is 155 Å². The molecule has 4 nitrogen and oxygen atoms in total. The van der Waals surface area contributed by atoms with Gasteiger partial charge in [-0.2, -0.15) is 0 Å². The van der Waals surface area contributed by atoms with E-state index in [4.69, 9.17) is 9.47 Å². The first-order valence-electron chi connectivity index (χ1n) is 9.43. The Bertz CT molecular complexity index is 726. The van der Waals surface area contributed by atoms with Crippen LogP contribution in [0, 0.1) is 0 Å². The van der Waals surface area contributed by atoms with Crippen LogP contribution in [0.5, 0.6) is 11.5 Å². The minimum atomic E-state index is 0.125. The molecule has 0 spiro atoms. The molecule has 1 aliphatic heterocycles. The molecule has 0 saturated carbocycles. The maximum Gasteiger partial charge on any atom is 0.254 e. The molecule has 0 aromatic heterocycles. The predicted molar refractivity (Wildman–Crippen MR) is 103 cm³/mol. The fraction of sp³-hybridized carbons (Fsp3) is 0.409. The molecule has 3 rings (SSSR count). The number of ether oxygens (including phenoxy) is 2. The van der Waals surface area contributed by atoms with Gasteiger partial charge in [0.1, 0.15) is 18.1 Å². The normalized spacial score (nSPS) is 17.0. The maximum absolute atomic E-state index is 12.8. The monoisotopic (exact) mass is 353 g/mol. The van der Waals surface area contributed by atoms with Crippen molar-refractivity contribution in [1.29, 1.82) is 0 Å². The Morgan fingerprint density at radius 3 is 2.50 bits per heavy atom. The topological polar surface area (TPSA) is 38.8 Å². The van der Waals surface area contributed by atoms with E-state index in [1.165, 1.54) is 6.42 Å². The van der Waals surface area contributed by atoms with Crippen LogP contribution >= 0.6 is 0 Å². The second-order valence-corrected chi connectivity index (χ2v) is 6.74. The van der Waals surface area contributed by atoms with Gasteiger partial charge in [0, 0.05) is 18.2 Å². The molecule has 0 aliphatic carbocycles. The minimum Gasteiger partial charge on any atom is -0.494 e. The van der Waals surface area contributed by atoms with E-state index in [1.807, 2.05) is 60.4 Å². The van der Waals surface area contributed by atoms with Gasteiger partial charge < -0.3 is 14.4 Å². The van der Waals surface area contributed by atoms with E-state index in [-0.39, 0.29) is 5.91 Å². The van der Waals surface area contributed by atoms with E-state index in [0.717, 1.165) is 42.0 Å². The summed E-state index contributed by atoms with van der Waals surface area (Å²) >= 11 is 0. The van der Waals surface area contributed by atoms with Crippen molar-refractivity contribution in [3.05, 3.63) is 59.7 Å². The molecule has 1 atom stereocenters. The van der Waals surface area contributed by atoms with Crippen LogP contribution in [0.1, 0.15) is 49.0 Å². The molecular formula is C22H27NO3. The molecule has 1 fully saturated rings. The largest absolute Gasteiger partial charge is 0.494 e. The quantitative estimate of drug-likeness (QED) is 0.757. The fourth-order valence-electron chi connectivity index (χ4n) is 3.33. The molecule has 1 heterocycles. The lowest BCUT2D eigenvalue weighted by atomic mass is 10.0. The van der Waals surface area contributed by atoms with E-state index < -0.39 is 0 Å². The summed E-state index contributed by atoms with van der Waals surface area (Å²) in [4.78, 5) is 14.8. The number of hydrogen-bond donors (Lipinski definition) is 0. The molecule has 1 aliphatic rings. The summed E-state index contributed by atoms with van der Waals surface area (Å²) in [6.45, 7) is 6.04. The standard InChI is InChI=1S/C22H27NO3/c1-3-25-20-10-12-21(13-11-20)26-16-18-8-6-9-19(15-18)22(24)23-14-5-4-7-17(23)2/h6,8-13,15,17H,3-5,7,14,16H2,1-2H3/t17-/m0/s1. The SMILES string of the molecule is CCOc1ccc(OCc2cccc(C(=O)N3CCCC[C@@H]3C)c2)cc1. The number of amides is 1. The van der Waals surface area contributed by atoms with Gasteiger partial charge in [0.25, 0.3) is 5.91 Å². The Morgan fingerprint density at radius 2 is 1.81 bits per heavy atom. The zero-order valence-electron chi connectivity index (χ0n) is 15.6. The van der Waals surface area contributed by atoms with Crippen LogP contribution < -0.4 is 9.47 Å². The van der Waals surface area contributed by atoms with Crippen LogP contribution in [-0.4, -0.2) is 30.0 Å². The summed E-state index contributed by atoms with van der Waals surface area (Å²) in [5.74, 6) is 1.75. The van der Waals surface area contributed by atoms with Gasteiger partial charge in [-0.15, -0.1) is 0 Å². The lowest BCUT2D eigenvalue weighted by Gasteiger charge is -2.33. The molecule has 26 heavy (non-hydrogen) atoms. The lowest BCUT2D eigenvalue weighted by Crippen LogP contribution is -2.42. The Hall–Kier alpha value is -2.49. The van der Waals surface area contributed by atoms with Crippen LogP contribution in [0.4, 0.5) is 0 Å². The highest BCUT2D eigenvalue weighted by molar-refractivity contribution is 5.94. The summed E-state index contributed by atoms with van der Waals surface area (Å²) in [6, 6.07) is 15.7. The van der Waals surface area contributed by atoms with Crippen molar-refractivity contribution in [2.75, 3.05) is 13.2 Å². The maximum atomic E-state index is 12.8. The fourth-order valence-corrected chi connectivity index (χ4v) is 3.33. The van der Waals surface area contributed by atoms with Gasteiger partial charge in [-0.1, -0.05) is 12.1 Å². The molecule has 0 radical (unpaired) electrons. The van der Waals surface area contributed by atoms with Crippen molar-refractivity contribution in [1.82, 2.24) is 4.90 Å². The van der Waals surface area contributed by atoms with Gasteiger partial charge in [0.05, 0.1) is 6.61 Å². The van der Waals surface area contributed by atoms with E-state index in [2.05, 4.69) is 6.92 Å². The average molecular weight is 353 g/mol. The molecule has 1 saturated heterocycles. The molecule has 0 unspecified atom stereocenters. The van der Waals surface area contributed by atoms with E-state index in [0.29, 0.717) is 19.3 Å². The number of likely N-dealkylation sites (tertiary alicyclic amines) is 1. The number of piperidine rings is 1. The lowest BCUT2D eigenvalue weighted by molar-refractivity contribution is 0.0635. The second-order valence-electron chi connectivity index (χ2n) is 6.74. The number of carbonyl (C=O) groups is 1. The predicted octanol–water partition coefficient (Wildman–Crippen LogP) is 4.68. The van der Waals surface area contributed by atoms with Gasteiger partial charge in [-0.25, -0.2) is 0 Å². The number of rotatable bonds is 6. The van der Waals surface area contributed by atoms with Crippen molar-refractivity contribution in [3.8, 4) is 11.5 Å². The van der Waals surface area contributed by atoms with Crippen LogP contribution in [0.25, 0.3) is 0 Å². The number of carbonyl (C=O) groups excluding carboxylic acids is 1. The third-order valence-corrected chi connectivity index (χ3v) is 4.78. The minimum absolute atomic E-state index is 0.125. The van der Waals surface area contributed by atoms with Crippen molar-refractivity contribution in [2.24, 2.45) is 0 Å². The van der Waals surface area contributed by atoms with Crippen LogP contribution in [-0.2, 0) is 6.61 Å². The number of benzene rings is 2. The van der Waals surface area contributed by atoms with Gasteiger partial charge in [0.15, 0.2) is 0 Å². The van der Waals surface area contributed by atoms with Gasteiger partial charge >= 0.3 is 0 Å². The van der Waals surface area contributed by atoms with Crippen molar-refractivity contribution >= 4 is 5.91 Å². The Balaban J connectivity index is 1.62. The first-order chi connectivity index (χ1) is 12.7. The molecule has 2 aromatic carbocycles. The van der Waals surface area contributed by atoms with Gasteiger partial charge in [-0.3, -0.25) is 4.79 Å². The molecule has 0 N–H and O–H groups in total. The number of hydrogen-bond acceptors (Lipinski definition) is 3. The average Bonchev–Trinajstić information content (AvgIpc) is 2.68. The first kappa shape index (κ1) is 18.3. The number of nitrogens with zero attached hydrogens (tertiary/aromatic N) is 1. The second kappa shape index (κ2) is 8.75. The summed E-state index contributed by atoms with van der Waals surface area (Å²) in [5, 5.41) is 0. The van der Waals surface area contributed by atoms with Crippen LogP contribution in [0.3, 0.4) is 0 Å². The first-order valence-corrected chi connectivity index (χ1v) is 9.43. The molecular weight excluding hydrogens is 326 g/mol. The molecule has 0 bridgehead atoms. The highest BCUT2D eigenvalue weighted by Gasteiger charge is 2.24.